The van der Waals surface area contributed by atoms with Crippen LogP contribution in [0.5, 0.6) is 0 Å². The number of hydrogen-bond acceptors (Lipinski definition) is 7. The van der Waals surface area contributed by atoms with Crippen LogP contribution in [0.15, 0.2) is 24.7 Å². The molecule has 0 bridgehead atoms. The van der Waals surface area contributed by atoms with E-state index in [-0.39, 0.29) is 11.9 Å². The van der Waals surface area contributed by atoms with Crippen LogP contribution in [-0.4, -0.2) is 51.5 Å². The average molecular weight is 367 g/mol. The maximum Gasteiger partial charge on any atom is 0.254 e. The van der Waals surface area contributed by atoms with Gasteiger partial charge in [0.05, 0.1) is 5.56 Å². The van der Waals surface area contributed by atoms with Crippen LogP contribution in [0.25, 0.3) is 0 Å². The summed E-state index contributed by atoms with van der Waals surface area (Å²) in [5.74, 6) is 1.86. The fourth-order valence-corrected chi connectivity index (χ4v) is 3.20. The summed E-state index contributed by atoms with van der Waals surface area (Å²) in [5.41, 5.74) is 1.64. The molecule has 3 heterocycles. The second-order valence-corrected chi connectivity index (χ2v) is 7.14. The van der Waals surface area contributed by atoms with Crippen LogP contribution < -0.4 is 16.0 Å². The number of piperidine rings is 1. The smallest absolute Gasteiger partial charge is 0.254 e. The fourth-order valence-electron chi connectivity index (χ4n) is 3.20. The van der Waals surface area contributed by atoms with E-state index in [0.717, 1.165) is 37.4 Å². The molecular formula is C19H25N7O. The van der Waals surface area contributed by atoms with Crippen molar-refractivity contribution in [1.29, 1.82) is 0 Å². The molecule has 0 radical (unpaired) electrons. The van der Waals surface area contributed by atoms with E-state index in [2.05, 4.69) is 35.9 Å². The van der Waals surface area contributed by atoms with E-state index < -0.39 is 0 Å². The van der Waals surface area contributed by atoms with Crippen LogP contribution in [0.2, 0.25) is 0 Å². The number of rotatable bonds is 7. The Morgan fingerprint density at radius 3 is 2.63 bits per heavy atom. The third-order valence-corrected chi connectivity index (χ3v) is 4.94. The van der Waals surface area contributed by atoms with Gasteiger partial charge in [0.15, 0.2) is 0 Å². The zero-order valence-electron chi connectivity index (χ0n) is 15.3. The van der Waals surface area contributed by atoms with Gasteiger partial charge in [0.25, 0.3) is 5.91 Å². The van der Waals surface area contributed by atoms with Gasteiger partial charge in [-0.15, -0.1) is 0 Å². The van der Waals surface area contributed by atoms with Crippen molar-refractivity contribution in [3.05, 3.63) is 41.7 Å². The van der Waals surface area contributed by atoms with Crippen molar-refractivity contribution in [2.75, 3.05) is 25.0 Å². The Labute approximate surface area is 158 Å². The zero-order chi connectivity index (χ0) is 18.5. The van der Waals surface area contributed by atoms with Crippen molar-refractivity contribution >= 4 is 11.9 Å². The Balaban J connectivity index is 1.25. The summed E-state index contributed by atoms with van der Waals surface area (Å²) in [7, 11) is 0. The summed E-state index contributed by atoms with van der Waals surface area (Å²) >= 11 is 0. The van der Waals surface area contributed by atoms with Crippen LogP contribution in [0.1, 0.15) is 53.5 Å². The standard InChI is InChI=1S/C19H25N7O/c27-18(25-15-3-7-20-8-4-15)14-11-23-19(24-12-14)22-10-6-17-21-9-5-16(26-17)13-1-2-13/h5,9,11-13,15,20H,1-4,6-8,10H2,(H,25,27)(H,22,23,24). The molecule has 0 atom stereocenters. The first kappa shape index (κ1) is 17.8. The molecule has 2 aromatic rings. The van der Waals surface area contributed by atoms with Gasteiger partial charge in [0.1, 0.15) is 5.82 Å². The summed E-state index contributed by atoms with van der Waals surface area (Å²) in [6, 6.07) is 2.23. The molecule has 0 unspecified atom stereocenters. The molecule has 4 rings (SSSR count). The van der Waals surface area contributed by atoms with Crippen molar-refractivity contribution in [3.8, 4) is 0 Å². The monoisotopic (exact) mass is 367 g/mol. The topological polar surface area (TPSA) is 105 Å². The van der Waals surface area contributed by atoms with Crippen molar-refractivity contribution in [1.82, 2.24) is 30.6 Å². The van der Waals surface area contributed by atoms with Gasteiger partial charge < -0.3 is 16.0 Å². The number of nitrogens with one attached hydrogen (secondary N) is 3. The summed E-state index contributed by atoms with van der Waals surface area (Å²) in [5, 5.41) is 9.49. The molecule has 1 aliphatic carbocycles. The number of hydrogen-bond donors (Lipinski definition) is 3. The van der Waals surface area contributed by atoms with Crippen LogP contribution in [0, 0.1) is 0 Å². The second-order valence-electron chi connectivity index (χ2n) is 7.14. The molecule has 2 aliphatic rings. The fraction of sp³-hybridized carbons (Fsp3) is 0.526. The highest BCUT2D eigenvalue weighted by molar-refractivity contribution is 5.93. The molecule has 2 aromatic heterocycles. The molecule has 0 aromatic carbocycles. The summed E-state index contributed by atoms with van der Waals surface area (Å²) < 4.78 is 0. The number of carbonyl (C=O) groups excluding carboxylic acids is 1. The minimum Gasteiger partial charge on any atom is -0.354 e. The molecule has 8 heteroatoms. The molecule has 1 saturated carbocycles. The largest absolute Gasteiger partial charge is 0.354 e. The van der Waals surface area contributed by atoms with Gasteiger partial charge >= 0.3 is 0 Å². The Hall–Kier alpha value is -2.61. The van der Waals surface area contributed by atoms with E-state index in [1.165, 1.54) is 12.8 Å². The van der Waals surface area contributed by atoms with Gasteiger partial charge in [-0.3, -0.25) is 4.79 Å². The summed E-state index contributed by atoms with van der Waals surface area (Å²) in [4.78, 5) is 29.7. The minimum absolute atomic E-state index is 0.112. The Morgan fingerprint density at radius 2 is 1.89 bits per heavy atom. The number of amides is 1. The molecule has 3 N–H and O–H groups in total. The molecule has 1 saturated heterocycles. The Bertz CT molecular complexity index is 770. The second kappa shape index (κ2) is 8.39. The van der Waals surface area contributed by atoms with Crippen molar-refractivity contribution in [2.24, 2.45) is 0 Å². The normalized spacial score (nSPS) is 17.5. The summed E-state index contributed by atoms with van der Waals surface area (Å²) in [6.45, 7) is 2.53. The van der Waals surface area contributed by atoms with Crippen molar-refractivity contribution < 1.29 is 4.79 Å². The van der Waals surface area contributed by atoms with Gasteiger partial charge in [-0.2, -0.15) is 0 Å². The maximum absolute atomic E-state index is 12.3. The highest BCUT2D eigenvalue weighted by Gasteiger charge is 2.25. The molecule has 1 amide bonds. The Kier molecular flexibility index (Phi) is 5.53. The van der Waals surface area contributed by atoms with E-state index in [4.69, 9.17) is 0 Å². The lowest BCUT2D eigenvalue weighted by Gasteiger charge is -2.23. The van der Waals surface area contributed by atoms with Gasteiger partial charge in [0, 0.05) is 49.2 Å². The third-order valence-electron chi connectivity index (χ3n) is 4.94. The van der Waals surface area contributed by atoms with E-state index in [9.17, 15) is 4.79 Å². The zero-order valence-corrected chi connectivity index (χ0v) is 15.3. The first-order valence-corrected chi connectivity index (χ1v) is 9.67. The van der Waals surface area contributed by atoms with Crippen LogP contribution >= 0.6 is 0 Å². The number of nitrogens with zero attached hydrogens (tertiary/aromatic N) is 4. The number of carbonyl (C=O) groups is 1. The Morgan fingerprint density at radius 1 is 1.11 bits per heavy atom. The predicted octanol–water partition coefficient (Wildman–Crippen LogP) is 1.28. The van der Waals surface area contributed by atoms with Crippen molar-refractivity contribution in [3.63, 3.8) is 0 Å². The van der Waals surface area contributed by atoms with Crippen LogP contribution in [0.3, 0.4) is 0 Å². The SMILES string of the molecule is O=C(NC1CCNCC1)c1cnc(NCCc2nccc(C3CC3)n2)nc1. The average Bonchev–Trinajstić information content (AvgIpc) is 3.55. The molecule has 1 aliphatic heterocycles. The van der Waals surface area contributed by atoms with Gasteiger partial charge in [-0.1, -0.05) is 0 Å². The molecular weight excluding hydrogens is 342 g/mol. The van der Waals surface area contributed by atoms with Crippen LogP contribution in [-0.2, 0) is 6.42 Å². The van der Waals surface area contributed by atoms with Crippen molar-refractivity contribution in [2.45, 2.75) is 44.1 Å². The lowest BCUT2D eigenvalue weighted by molar-refractivity contribution is 0.0929. The van der Waals surface area contributed by atoms with E-state index in [0.29, 0.717) is 30.4 Å². The van der Waals surface area contributed by atoms with E-state index in [1.54, 1.807) is 12.4 Å². The highest BCUT2D eigenvalue weighted by atomic mass is 16.1. The molecule has 0 spiro atoms. The molecule has 8 nitrogen and oxygen atoms in total. The minimum atomic E-state index is -0.112. The van der Waals surface area contributed by atoms with Crippen LogP contribution in [0.4, 0.5) is 5.95 Å². The van der Waals surface area contributed by atoms with Gasteiger partial charge in [-0.25, -0.2) is 19.9 Å². The summed E-state index contributed by atoms with van der Waals surface area (Å²) in [6.07, 6.45) is 10.1. The molecule has 27 heavy (non-hydrogen) atoms. The van der Waals surface area contributed by atoms with E-state index in [1.807, 2.05) is 12.3 Å². The predicted molar refractivity (Wildman–Crippen MR) is 102 cm³/mol. The van der Waals surface area contributed by atoms with Gasteiger partial charge in [-0.05, 0) is 44.8 Å². The first-order chi connectivity index (χ1) is 13.3. The maximum atomic E-state index is 12.3. The first-order valence-electron chi connectivity index (χ1n) is 9.67. The van der Waals surface area contributed by atoms with E-state index >= 15 is 0 Å². The lowest BCUT2D eigenvalue weighted by Crippen LogP contribution is -2.42. The van der Waals surface area contributed by atoms with Gasteiger partial charge in [0.2, 0.25) is 5.95 Å². The lowest BCUT2D eigenvalue weighted by atomic mass is 10.1. The number of aromatic nitrogens is 4. The molecule has 2 fully saturated rings. The molecule has 142 valence electrons. The third kappa shape index (κ3) is 4.97. The number of anilines is 1. The quantitative estimate of drug-likeness (QED) is 0.677. The highest BCUT2D eigenvalue weighted by Crippen LogP contribution is 2.38.